The molecule has 0 radical (unpaired) electrons. The van der Waals surface area contributed by atoms with Crippen LogP contribution in [0, 0.1) is 0 Å². The van der Waals surface area contributed by atoms with Gasteiger partial charge in [0.1, 0.15) is 5.75 Å². The quantitative estimate of drug-likeness (QED) is 0.918. The minimum Gasteiger partial charge on any atom is -0.495 e. The van der Waals surface area contributed by atoms with E-state index in [2.05, 4.69) is 10.3 Å². The van der Waals surface area contributed by atoms with E-state index in [1.54, 1.807) is 49.7 Å². The second kappa shape index (κ2) is 7.66. The first-order valence-corrected chi connectivity index (χ1v) is 7.22. The molecule has 116 valence electrons. The predicted octanol–water partition coefficient (Wildman–Crippen LogP) is 3.45. The maximum absolute atomic E-state index is 12.1. The van der Waals surface area contributed by atoms with Crippen molar-refractivity contribution in [1.29, 1.82) is 0 Å². The molecule has 5 nitrogen and oxygen atoms in total. The van der Waals surface area contributed by atoms with Crippen molar-refractivity contribution in [2.24, 2.45) is 0 Å². The molecular formula is C16H18ClN3O2. The van der Waals surface area contributed by atoms with Gasteiger partial charge in [-0.3, -0.25) is 4.98 Å². The fourth-order valence-electron chi connectivity index (χ4n) is 1.91. The maximum atomic E-state index is 12.1. The van der Waals surface area contributed by atoms with Crippen molar-refractivity contribution in [2.45, 2.75) is 6.42 Å². The number of anilines is 1. The minimum absolute atomic E-state index is 0.185. The lowest BCUT2D eigenvalue weighted by Gasteiger charge is -2.18. The highest BCUT2D eigenvalue weighted by molar-refractivity contribution is 6.32. The molecule has 22 heavy (non-hydrogen) atoms. The standard InChI is InChI=1S/C16H18ClN3O2/c1-20(10-7-12-5-8-18-9-6-12)16(21)19-13-3-4-15(22-2)14(17)11-13/h3-6,8-9,11H,7,10H2,1-2H3,(H,19,21). The van der Waals surface area contributed by atoms with Crippen molar-refractivity contribution < 1.29 is 9.53 Å². The van der Waals surface area contributed by atoms with Crippen molar-refractivity contribution in [3.8, 4) is 5.75 Å². The highest BCUT2D eigenvalue weighted by Gasteiger charge is 2.10. The van der Waals surface area contributed by atoms with E-state index in [1.807, 2.05) is 12.1 Å². The number of hydrogen-bond acceptors (Lipinski definition) is 3. The fraction of sp³-hybridized carbons (Fsp3) is 0.250. The van der Waals surface area contributed by atoms with Crippen LogP contribution in [0.5, 0.6) is 5.75 Å². The average Bonchev–Trinajstić information content (AvgIpc) is 2.53. The molecule has 0 atom stereocenters. The van der Waals surface area contributed by atoms with E-state index in [0.29, 0.717) is 23.0 Å². The number of benzene rings is 1. The third-order valence-electron chi connectivity index (χ3n) is 3.24. The molecule has 1 heterocycles. The van der Waals surface area contributed by atoms with E-state index in [4.69, 9.17) is 16.3 Å². The van der Waals surface area contributed by atoms with Crippen molar-refractivity contribution in [2.75, 3.05) is 26.0 Å². The second-order valence-electron chi connectivity index (χ2n) is 4.81. The Labute approximate surface area is 134 Å². The summed E-state index contributed by atoms with van der Waals surface area (Å²) in [6.45, 7) is 0.611. The summed E-state index contributed by atoms with van der Waals surface area (Å²) in [6.07, 6.45) is 4.26. The zero-order valence-corrected chi connectivity index (χ0v) is 13.3. The van der Waals surface area contributed by atoms with Gasteiger partial charge < -0.3 is 15.0 Å². The lowest BCUT2D eigenvalue weighted by Crippen LogP contribution is -2.32. The molecule has 0 saturated carbocycles. The number of rotatable bonds is 5. The summed E-state index contributed by atoms with van der Waals surface area (Å²) in [5.41, 5.74) is 1.77. The molecule has 2 amide bonds. The van der Waals surface area contributed by atoms with Gasteiger partial charge in [0.05, 0.1) is 12.1 Å². The first kappa shape index (κ1) is 16.1. The molecular weight excluding hydrogens is 302 g/mol. The van der Waals surface area contributed by atoms with E-state index in [-0.39, 0.29) is 6.03 Å². The predicted molar refractivity (Wildman–Crippen MR) is 87.6 cm³/mol. The molecule has 0 aliphatic carbocycles. The number of hydrogen-bond donors (Lipinski definition) is 1. The van der Waals surface area contributed by atoms with Crippen LogP contribution in [0.25, 0.3) is 0 Å². The van der Waals surface area contributed by atoms with Crippen LogP contribution in [0.2, 0.25) is 5.02 Å². The Morgan fingerprint density at radius 2 is 2.05 bits per heavy atom. The lowest BCUT2D eigenvalue weighted by atomic mass is 10.2. The molecule has 0 aliphatic heterocycles. The number of nitrogens with one attached hydrogen (secondary N) is 1. The van der Waals surface area contributed by atoms with Crippen LogP contribution in [-0.2, 0) is 6.42 Å². The normalized spacial score (nSPS) is 10.1. The Balaban J connectivity index is 1.89. The van der Waals surface area contributed by atoms with E-state index < -0.39 is 0 Å². The summed E-state index contributed by atoms with van der Waals surface area (Å²) in [5, 5.41) is 3.26. The molecule has 0 spiro atoms. The number of ether oxygens (including phenoxy) is 1. The third kappa shape index (κ3) is 4.36. The van der Waals surface area contributed by atoms with Crippen LogP contribution in [0.4, 0.5) is 10.5 Å². The van der Waals surface area contributed by atoms with Crippen LogP contribution < -0.4 is 10.1 Å². The smallest absolute Gasteiger partial charge is 0.321 e. The van der Waals surface area contributed by atoms with Gasteiger partial charge in [-0.2, -0.15) is 0 Å². The van der Waals surface area contributed by atoms with Gasteiger partial charge in [-0.1, -0.05) is 11.6 Å². The van der Waals surface area contributed by atoms with E-state index >= 15 is 0 Å². The summed E-state index contributed by atoms with van der Waals surface area (Å²) in [4.78, 5) is 17.7. The first-order valence-electron chi connectivity index (χ1n) is 6.84. The Kier molecular flexibility index (Phi) is 5.61. The van der Waals surface area contributed by atoms with Crippen LogP contribution in [0.3, 0.4) is 0 Å². The zero-order valence-electron chi connectivity index (χ0n) is 12.5. The molecule has 1 aromatic heterocycles. The summed E-state index contributed by atoms with van der Waals surface area (Å²) >= 11 is 6.04. The monoisotopic (exact) mass is 319 g/mol. The molecule has 0 saturated heterocycles. The number of halogens is 1. The van der Waals surface area contributed by atoms with Crippen LogP contribution in [0.15, 0.2) is 42.7 Å². The fourth-order valence-corrected chi connectivity index (χ4v) is 2.17. The molecule has 2 rings (SSSR count). The summed E-state index contributed by atoms with van der Waals surface area (Å²) < 4.78 is 5.08. The van der Waals surface area contributed by atoms with Crippen LogP contribution in [0.1, 0.15) is 5.56 Å². The first-order chi connectivity index (χ1) is 10.6. The number of methoxy groups -OCH3 is 1. The molecule has 0 unspecified atom stereocenters. The largest absolute Gasteiger partial charge is 0.495 e. The average molecular weight is 320 g/mol. The van der Waals surface area contributed by atoms with Gasteiger partial charge in [0.25, 0.3) is 0 Å². The van der Waals surface area contributed by atoms with Crippen molar-refractivity contribution in [3.05, 3.63) is 53.3 Å². The Bertz CT molecular complexity index is 635. The zero-order chi connectivity index (χ0) is 15.9. The Morgan fingerprint density at radius 1 is 1.32 bits per heavy atom. The lowest BCUT2D eigenvalue weighted by molar-refractivity contribution is 0.223. The number of carbonyl (C=O) groups excluding carboxylic acids is 1. The highest BCUT2D eigenvalue weighted by atomic mass is 35.5. The number of likely N-dealkylation sites (N-methyl/N-ethyl adjacent to an activating group) is 1. The second-order valence-corrected chi connectivity index (χ2v) is 5.21. The highest BCUT2D eigenvalue weighted by Crippen LogP contribution is 2.27. The number of nitrogens with zero attached hydrogens (tertiary/aromatic N) is 2. The molecule has 6 heteroatoms. The Morgan fingerprint density at radius 3 is 2.68 bits per heavy atom. The van der Waals surface area contributed by atoms with Gasteiger partial charge in [0, 0.05) is 31.7 Å². The Hall–Kier alpha value is -2.27. The van der Waals surface area contributed by atoms with Gasteiger partial charge in [-0.15, -0.1) is 0 Å². The summed E-state index contributed by atoms with van der Waals surface area (Å²) in [7, 11) is 3.30. The maximum Gasteiger partial charge on any atom is 0.321 e. The van der Waals surface area contributed by atoms with Gasteiger partial charge in [-0.05, 0) is 42.3 Å². The number of amides is 2. The SMILES string of the molecule is COc1ccc(NC(=O)N(C)CCc2ccncc2)cc1Cl. The van der Waals surface area contributed by atoms with E-state index in [9.17, 15) is 4.79 Å². The van der Waals surface area contributed by atoms with Gasteiger partial charge in [-0.25, -0.2) is 4.79 Å². The molecule has 1 aromatic carbocycles. The van der Waals surface area contributed by atoms with Gasteiger partial charge >= 0.3 is 6.03 Å². The molecule has 0 aliphatic rings. The molecule has 2 aromatic rings. The minimum atomic E-state index is -0.185. The molecule has 0 fully saturated rings. The number of carbonyl (C=O) groups is 1. The summed E-state index contributed by atoms with van der Waals surface area (Å²) in [6, 6.07) is 8.82. The van der Waals surface area contributed by atoms with Gasteiger partial charge in [0.2, 0.25) is 0 Å². The van der Waals surface area contributed by atoms with Crippen molar-refractivity contribution >= 4 is 23.3 Å². The van der Waals surface area contributed by atoms with E-state index in [1.165, 1.54) is 0 Å². The number of urea groups is 1. The van der Waals surface area contributed by atoms with Gasteiger partial charge in [0.15, 0.2) is 0 Å². The molecule has 1 N–H and O–H groups in total. The number of pyridine rings is 1. The van der Waals surface area contributed by atoms with Crippen molar-refractivity contribution in [3.63, 3.8) is 0 Å². The number of aromatic nitrogens is 1. The third-order valence-corrected chi connectivity index (χ3v) is 3.53. The van der Waals surface area contributed by atoms with Crippen LogP contribution in [-0.4, -0.2) is 36.6 Å². The molecule has 0 bridgehead atoms. The topological polar surface area (TPSA) is 54.5 Å². The summed E-state index contributed by atoms with van der Waals surface area (Å²) in [5.74, 6) is 0.575. The van der Waals surface area contributed by atoms with Crippen LogP contribution >= 0.6 is 11.6 Å². The van der Waals surface area contributed by atoms with E-state index in [0.717, 1.165) is 12.0 Å². The van der Waals surface area contributed by atoms with Crippen molar-refractivity contribution in [1.82, 2.24) is 9.88 Å².